The highest BCUT2D eigenvalue weighted by Gasteiger charge is 2.14. The van der Waals surface area contributed by atoms with E-state index < -0.39 is 0 Å². The molecule has 21 heavy (non-hydrogen) atoms. The number of nitrogens with one attached hydrogen (secondary N) is 1. The average molecular weight is 319 g/mol. The monoisotopic (exact) mass is 318 g/mol. The lowest BCUT2D eigenvalue weighted by molar-refractivity contribution is -0.120. The van der Waals surface area contributed by atoms with Crippen LogP contribution in [0.3, 0.4) is 0 Å². The van der Waals surface area contributed by atoms with Crippen molar-refractivity contribution in [2.75, 3.05) is 34.4 Å². The van der Waals surface area contributed by atoms with E-state index in [4.69, 9.17) is 19.9 Å². The van der Waals surface area contributed by atoms with Gasteiger partial charge in [-0.05, 0) is 30.7 Å². The number of benzene rings is 1. The number of ether oxygens (including phenoxy) is 3. The Labute approximate surface area is 131 Å². The van der Waals surface area contributed by atoms with Crippen LogP contribution in [0.25, 0.3) is 0 Å². The lowest BCUT2D eigenvalue weighted by atomic mass is 10.1. The van der Waals surface area contributed by atoms with Crippen LogP contribution in [0.1, 0.15) is 12.0 Å². The fraction of sp³-hybridized carbons (Fsp3) is 0.500. The van der Waals surface area contributed by atoms with Crippen molar-refractivity contribution in [3.63, 3.8) is 0 Å². The summed E-state index contributed by atoms with van der Waals surface area (Å²) in [5.41, 5.74) is 6.17. The standard InChI is InChI=1S/C14H22N2O4.ClH/c1-18-11-7-10(8-12(19-2)14(11)20-3)9-13(17)16-6-4-5-15;/h7-8H,4-6,9,15H2,1-3H3,(H,16,17);1H. The average Bonchev–Trinajstić information content (AvgIpc) is 2.46. The molecule has 0 atom stereocenters. The molecular formula is C14H23ClN2O4. The summed E-state index contributed by atoms with van der Waals surface area (Å²) in [4.78, 5) is 11.8. The highest BCUT2D eigenvalue weighted by atomic mass is 35.5. The molecule has 120 valence electrons. The predicted molar refractivity (Wildman–Crippen MR) is 83.7 cm³/mol. The van der Waals surface area contributed by atoms with Gasteiger partial charge in [-0.2, -0.15) is 0 Å². The van der Waals surface area contributed by atoms with Crippen LogP contribution in [0.15, 0.2) is 12.1 Å². The Kier molecular flexibility index (Phi) is 9.32. The Hall–Kier alpha value is -1.66. The zero-order valence-corrected chi connectivity index (χ0v) is 13.4. The van der Waals surface area contributed by atoms with Crippen LogP contribution in [0.4, 0.5) is 0 Å². The van der Waals surface area contributed by atoms with Gasteiger partial charge in [-0.3, -0.25) is 4.79 Å². The van der Waals surface area contributed by atoms with Gasteiger partial charge in [0.25, 0.3) is 0 Å². The molecule has 7 heteroatoms. The first-order valence-corrected chi connectivity index (χ1v) is 6.41. The molecule has 0 spiro atoms. The molecule has 0 saturated carbocycles. The molecular weight excluding hydrogens is 296 g/mol. The van der Waals surface area contributed by atoms with Crippen LogP contribution in [0.5, 0.6) is 17.2 Å². The van der Waals surface area contributed by atoms with Gasteiger partial charge >= 0.3 is 0 Å². The quantitative estimate of drug-likeness (QED) is 0.702. The fourth-order valence-corrected chi connectivity index (χ4v) is 1.82. The van der Waals surface area contributed by atoms with Crippen molar-refractivity contribution in [1.29, 1.82) is 0 Å². The van der Waals surface area contributed by atoms with E-state index in [9.17, 15) is 4.79 Å². The van der Waals surface area contributed by atoms with E-state index in [1.165, 1.54) is 0 Å². The third kappa shape index (κ3) is 5.69. The molecule has 0 bridgehead atoms. The topological polar surface area (TPSA) is 82.8 Å². The van der Waals surface area contributed by atoms with Crippen LogP contribution < -0.4 is 25.3 Å². The summed E-state index contributed by atoms with van der Waals surface area (Å²) in [7, 11) is 4.63. The summed E-state index contributed by atoms with van der Waals surface area (Å²) >= 11 is 0. The Bertz CT molecular complexity index is 430. The van der Waals surface area contributed by atoms with E-state index in [-0.39, 0.29) is 24.7 Å². The molecule has 0 heterocycles. The van der Waals surface area contributed by atoms with E-state index >= 15 is 0 Å². The molecule has 0 fully saturated rings. The highest BCUT2D eigenvalue weighted by molar-refractivity contribution is 5.85. The maximum atomic E-state index is 11.8. The molecule has 0 aliphatic carbocycles. The van der Waals surface area contributed by atoms with Crippen LogP contribution in [0, 0.1) is 0 Å². The van der Waals surface area contributed by atoms with Crippen LogP contribution >= 0.6 is 12.4 Å². The third-order valence-electron chi connectivity index (χ3n) is 2.79. The summed E-state index contributed by atoms with van der Waals surface area (Å²) < 4.78 is 15.7. The molecule has 0 unspecified atom stereocenters. The van der Waals surface area contributed by atoms with Crippen molar-refractivity contribution >= 4 is 18.3 Å². The minimum absolute atomic E-state index is 0. The van der Waals surface area contributed by atoms with Crippen LogP contribution in [0.2, 0.25) is 0 Å². The number of hydrogen-bond acceptors (Lipinski definition) is 5. The maximum Gasteiger partial charge on any atom is 0.224 e. The van der Waals surface area contributed by atoms with Crippen LogP contribution in [-0.4, -0.2) is 40.3 Å². The van der Waals surface area contributed by atoms with Crippen molar-refractivity contribution < 1.29 is 19.0 Å². The lowest BCUT2D eigenvalue weighted by Crippen LogP contribution is -2.27. The molecule has 1 aromatic rings. The van der Waals surface area contributed by atoms with E-state index in [0.717, 1.165) is 12.0 Å². The number of rotatable bonds is 8. The van der Waals surface area contributed by atoms with Gasteiger partial charge < -0.3 is 25.3 Å². The molecule has 0 aliphatic rings. The zero-order chi connectivity index (χ0) is 15.0. The first-order valence-electron chi connectivity index (χ1n) is 6.41. The number of nitrogens with two attached hydrogens (primary N) is 1. The second-order valence-electron chi connectivity index (χ2n) is 4.20. The molecule has 1 aromatic carbocycles. The van der Waals surface area contributed by atoms with Gasteiger partial charge in [-0.15, -0.1) is 12.4 Å². The van der Waals surface area contributed by atoms with Gasteiger partial charge in [0.2, 0.25) is 11.7 Å². The van der Waals surface area contributed by atoms with Gasteiger partial charge in [0.05, 0.1) is 27.8 Å². The van der Waals surface area contributed by atoms with Crippen molar-refractivity contribution in [3.05, 3.63) is 17.7 Å². The Morgan fingerprint density at radius 3 is 2.14 bits per heavy atom. The number of carbonyl (C=O) groups excluding carboxylic acids is 1. The smallest absolute Gasteiger partial charge is 0.224 e. The largest absolute Gasteiger partial charge is 0.493 e. The maximum absolute atomic E-state index is 11.8. The Morgan fingerprint density at radius 1 is 1.14 bits per heavy atom. The first kappa shape index (κ1) is 19.3. The lowest BCUT2D eigenvalue weighted by Gasteiger charge is -2.14. The van der Waals surface area contributed by atoms with Crippen molar-refractivity contribution in [2.45, 2.75) is 12.8 Å². The van der Waals surface area contributed by atoms with E-state index in [1.807, 2.05) is 0 Å². The molecule has 0 saturated heterocycles. The van der Waals surface area contributed by atoms with Gasteiger partial charge in [0.15, 0.2) is 11.5 Å². The molecule has 3 N–H and O–H groups in total. The molecule has 6 nitrogen and oxygen atoms in total. The Morgan fingerprint density at radius 2 is 1.71 bits per heavy atom. The van der Waals surface area contributed by atoms with Crippen molar-refractivity contribution in [2.24, 2.45) is 5.73 Å². The summed E-state index contributed by atoms with van der Waals surface area (Å²) in [6, 6.07) is 3.54. The van der Waals surface area contributed by atoms with Gasteiger partial charge in [0, 0.05) is 6.54 Å². The summed E-state index contributed by atoms with van der Waals surface area (Å²) in [5, 5.41) is 2.80. The molecule has 0 aromatic heterocycles. The first-order chi connectivity index (χ1) is 9.65. The minimum Gasteiger partial charge on any atom is -0.493 e. The molecule has 0 radical (unpaired) electrons. The molecule has 1 rings (SSSR count). The number of halogens is 1. The predicted octanol–water partition coefficient (Wildman–Crippen LogP) is 1.14. The van der Waals surface area contributed by atoms with E-state index in [0.29, 0.717) is 30.3 Å². The Balaban J connectivity index is 0.00000400. The second kappa shape index (κ2) is 10.1. The van der Waals surface area contributed by atoms with E-state index in [2.05, 4.69) is 5.32 Å². The summed E-state index contributed by atoms with van der Waals surface area (Å²) in [5.74, 6) is 1.53. The molecule has 0 aliphatic heterocycles. The third-order valence-corrected chi connectivity index (χ3v) is 2.79. The number of methoxy groups -OCH3 is 3. The number of amides is 1. The summed E-state index contributed by atoms with van der Waals surface area (Å²) in [6.07, 6.45) is 1.02. The van der Waals surface area contributed by atoms with Gasteiger partial charge in [-0.25, -0.2) is 0 Å². The zero-order valence-electron chi connectivity index (χ0n) is 12.6. The minimum atomic E-state index is -0.0623. The number of carbonyl (C=O) groups is 1. The normalized spacial score (nSPS) is 9.52. The van der Waals surface area contributed by atoms with Crippen LogP contribution in [-0.2, 0) is 11.2 Å². The molecule has 1 amide bonds. The van der Waals surface area contributed by atoms with Crippen molar-refractivity contribution in [1.82, 2.24) is 5.32 Å². The van der Waals surface area contributed by atoms with Gasteiger partial charge in [-0.1, -0.05) is 0 Å². The fourth-order valence-electron chi connectivity index (χ4n) is 1.82. The number of hydrogen-bond donors (Lipinski definition) is 2. The van der Waals surface area contributed by atoms with Crippen molar-refractivity contribution in [3.8, 4) is 17.2 Å². The SMILES string of the molecule is COc1cc(CC(=O)NCCCN)cc(OC)c1OC.Cl. The van der Waals surface area contributed by atoms with Gasteiger partial charge in [0.1, 0.15) is 0 Å². The second-order valence-corrected chi connectivity index (χ2v) is 4.20. The highest BCUT2D eigenvalue weighted by Crippen LogP contribution is 2.38. The van der Waals surface area contributed by atoms with E-state index in [1.54, 1.807) is 33.5 Å². The summed E-state index contributed by atoms with van der Waals surface area (Å²) in [6.45, 7) is 1.14.